The number of halogens is 3. The van der Waals surface area contributed by atoms with Crippen LogP contribution < -0.4 is 0 Å². The van der Waals surface area contributed by atoms with Gasteiger partial charge in [-0.05, 0) is 37.0 Å². The largest absolute Gasteiger partial charge is 0.440 e. The number of hydrogen-bond donors (Lipinski definition) is 0. The molecule has 0 N–H and O–H groups in total. The van der Waals surface area contributed by atoms with Crippen LogP contribution in [-0.2, 0) is 17.5 Å². The maximum Gasteiger partial charge on any atom is 0.420 e. The van der Waals surface area contributed by atoms with E-state index in [1.54, 1.807) is 6.07 Å². The van der Waals surface area contributed by atoms with Gasteiger partial charge in [0.15, 0.2) is 11.5 Å². The first-order valence-electron chi connectivity index (χ1n) is 8.69. The van der Waals surface area contributed by atoms with Crippen molar-refractivity contribution in [2.45, 2.75) is 63.9 Å². The Morgan fingerprint density at radius 3 is 2.80 bits per heavy atom. The van der Waals surface area contributed by atoms with Crippen LogP contribution in [0.2, 0.25) is 0 Å². The van der Waals surface area contributed by atoms with Gasteiger partial charge >= 0.3 is 6.18 Å². The van der Waals surface area contributed by atoms with E-state index in [0.717, 1.165) is 19.3 Å². The lowest BCUT2D eigenvalue weighted by Crippen LogP contribution is -2.31. The molecule has 25 heavy (non-hydrogen) atoms. The highest BCUT2D eigenvalue weighted by Gasteiger charge is 2.39. The Hall–Kier alpha value is -1.60. The van der Waals surface area contributed by atoms with E-state index >= 15 is 0 Å². The minimum atomic E-state index is -4.47. The number of oxazole rings is 1. The van der Waals surface area contributed by atoms with Gasteiger partial charge < -0.3 is 9.15 Å². The van der Waals surface area contributed by atoms with E-state index in [0.29, 0.717) is 30.8 Å². The summed E-state index contributed by atoms with van der Waals surface area (Å²) in [6.45, 7) is 4.61. The average molecular weight is 354 g/mol. The van der Waals surface area contributed by atoms with Crippen LogP contribution in [-0.4, -0.2) is 28.8 Å². The van der Waals surface area contributed by atoms with E-state index in [4.69, 9.17) is 9.15 Å². The third-order valence-corrected chi connectivity index (χ3v) is 5.09. The summed E-state index contributed by atoms with van der Waals surface area (Å²) < 4.78 is 51.7. The topological polar surface area (TPSA) is 38.5 Å². The molecule has 2 atom stereocenters. The second kappa shape index (κ2) is 5.99. The lowest BCUT2D eigenvalue weighted by molar-refractivity contribution is -0.136. The van der Waals surface area contributed by atoms with Crippen molar-refractivity contribution in [2.24, 2.45) is 0 Å². The van der Waals surface area contributed by atoms with Gasteiger partial charge in [-0.1, -0.05) is 13.8 Å². The van der Waals surface area contributed by atoms with Crippen LogP contribution in [0.5, 0.6) is 0 Å². The monoisotopic (exact) mass is 354 g/mol. The molecule has 2 aliphatic rings. The van der Waals surface area contributed by atoms with Crippen LogP contribution in [0.15, 0.2) is 16.5 Å². The highest BCUT2D eigenvalue weighted by atomic mass is 19.4. The standard InChI is InChI=1S/C18H21F3N2O2/c1-10(2)17-22-13-7-11(6-12(16(13)25-17)18(19,20)21)8-23-9-24-15-5-3-4-14(15)23/h6-7,10,14-15H,3-5,8-9H2,1-2H3/t14-,15+/m1/s1. The van der Waals surface area contributed by atoms with E-state index in [2.05, 4.69) is 9.88 Å². The first-order valence-corrected chi connectivity index (χ1v) is 8.69. The number of ether oxygens (including phenoxy) is 1. The van der Waals surface area contributed by atoms with E-state index in [1.165, 1.54) is 6.07 Å². The van der Waals surface area contributed by atoms with Gasteiger partial charge in [0.1, 0.15) is 17.8 Å². The molecule has 2 heterocycles. The molecule has 0 bridgehead atoms. The molecule has 1 aliphatic heterocycles. The van der Waals surface area contributed by atoms with Crippen molar-refractivity contribution in [3.63, 3.8) is 0 Å². The molecule has 2 aromatic rings. The quantitative estimate of drug-likeness (QED) is 0.802. The zero-order chi connectivity index (χ0) is 17.8. The van der Waals surface area contributed by atoms with Gasteiger partial charge in [0.25, 0.3) is 0 Å². The SMILES string of the molecule is CC(C)c1nc2cc(CN3CO[C@H]4CCC[C@H]43)cc(C(F)(F)F)c2o1. The van der Waals surface area contributed by atoms with Crippen LogP contribution >= 0.6 is 0 Å². The zero-order valence-corrected chi connectivity index (χ0v) is 14.3. The van der Waals surface area contributed by atoms with Crippen molar-refractivity contribution in [1.82, 2.24) is 9.88 Å². The molecule has 0 spiro atoms. The maximum atomic E-state index is 13.5. The highest BCUT2D eigenvalue weighted by Crippen LogP contribution is 2.38. The predicted octanol–water partition coefficient (Wildman–Crippen LogP) is 4.68. The van der Waals surface area contributed by atoms with Crippen molar-refractivity contribution in [3.05, 3.63) is 29.2 Å². The van der Waals surface area contributed by atoms with Crippen LogP contribution in [0.4, 0.5) is 13.2 Å². The fourth-order valence-corrected chi connectivity index (χ4v) is 3.86. The molecule has 2 fully saturated rings. The second-order valence-corrected chi connectivity index (χ2v) is 7.28. The normalized spacial score (nSPS) is 24.6. The summed E-state index contributed by atoms with van der Waals surface area (Å²) in [5.74, 6) is 0.265. The summed E-state index contributed by atoms with van der Waals surface area (Å²) >= 11 is 0. The molecular weight excluding hydrogens is 333 g/mol. The van der Waals surface area contributed by atoms with Gasteiger partial charge in [-0.25, -0.2) is 4.98 Å². The maximum absolute atomic E-state index is 13.5. The van der Waals surface area contributed by atoms with E-state index in [-0.39, 0.29) is 23.1 Å². The second-order valence-electron chi connectivity index (χ2n) is 7.28. The van der Waals surface area contributed by atoms with Crippen molar-refractivity contribution in [3.8, 4) is 0 Å². The Morgan fingerprint density at radius 1 is 1.28 bits per heavy atom. The summed E-state index contributed by atoms with van der Waals surface area (Å²) in [7, 11) is 0. The number of aromatic nitrogens is 1. The zero-order valence-electron chi connectivity index (χ0n) is 14.3. The molecule has 4 rings (SSSR count). The average Bonchev–Trinajstić information content (AvgIpc) is 3.21. The van der Waals surface area contributed by atoms with Gasteiger partial charge in [-0.3, -0.25) is 4.90 Å². The molecule has 0 unspecified atom stereocenters. The summed E-state index contributed by atoms with van der Waals surface area (Å²) in [6, 6.07) is 3.22. The molecule has 1 saturated heterocycles. The van der Waals surface area contributed by atoms with Crippen LogP contribution in [0.1, 0.15) is 56.0 Å². The summed E-state index contributed by atoms with van der Waals surface area (Å²) in [6.07, 6.45) is -1.06. The van der Waals surface area contributed by atoms with Gasteiger partial charge in [-0.2, -0.15) is 13.2 Å². The molecule has 7 heteroatoms. The Morgan fingerprint density at radius 2 is 2.08 bits per heavy atom. The van der Waals surface area contributed by atoms with Crippen LogP contribution in [0, 0.1) is 0 Å². The van der Waals surface area contributed by atoms with E-state index < -0.39 is 11.7 Å². The minimum absolute atomic E-state index is 0.0665. The number of nitrogens with zero attached hydrogens (tertiary/aromatic N) is 2. The van der Waals surface area contributed by atoms with Gasteiger partial charge in [0.05, 0.1) is 6.10 Å². The Bertz CT molecular complexity index is 784. The van der Waals surface area contributed by atoms with E-state index in [1.807, 2.05) is 13.8 Å². The number of hydrogen-bond acceptors (Lipinski definition) is 4. The summed E-state index contributed by atoms with van der Waals surface area (Å²) in [5.41, 5.74) is -0.0463. The molecule has 1 aromatic carbocycles. The summed E-state index contributed by atoms with van der Waals surface area (Å²) in [5, 5.41) is 0. The molecule has 1 aliphatic carbocycles. The Balaban J connectivity index is 1.71. The molecular formula is C18H21F3N2O2. The molecule has 136 valence electrons. The predicted molar refractivity (Wildman–Crippen MR) is 86.0 cm³/mol. The number of alkyl halides is 3. The van der Waals surface area contributed by atoms with Crippen LogP contribution in [0.3, 0.4) is 0 Å². The molecule has 1 saturated carbocycles. The van der Waals surface area contributed by atoms with Gasteiger partial charge in [0, 0.05) is 18.5 Å². The van der Waals surface area contributed by atoms with Gasteiger partial charge in [0.2, 0.25) is 0 Å². The fourth-order valence-electron chi connectivity index (χ4n) is 3.86. The lowest BCUT2D eigenvalue weighted by atomic mass is 10.1. The number of fused-ring (bicyclic) bond motifs is 2. The molecule has 4 nitrogen and oxygen atoms in total. The Labute approximate surface area is 143 Å². The highest BCUT2D eigenvalue weighted by molar-refractivity contribution is 5.78. The summed E-state index contributed by atoms with van der Waals surface area (Å²) in [4.78, 5) is 6.40. The number of rotatable bonds is 3. The van der Waals surface area contributed by atoms with Gasteiger partial charge in [-0.15, -0.1) is 0 Å². The molecule has 0 radical (unpaired) electrons. The molecule has 0 amide bonds. The first-order chi connectivity index (χ1) is 11.8. The fraction of sp³-hybridized carbons (Fsp3) is 0.611. The third kappa shape index (κ3) is 3.04. The molecule has 1 aromatic heterocycles. The van der Waals surface area contributed by atoms with Crippen molar-refractivity contribution in [2.75, 3.05) is 6.73 Å². The third-order valence-electron chi connectivity index (χ3n) is 5.09. The van der Waals surface area contributed by atoms with Crippen molar-refractivity contribution < 1.29 is 22.3 Å². The first kappa shape index (κ1) is 16.8. The van der Waals surface area contributed by atoms with Crippen molar-refractivity contribution >= 4 is 11.1 Å². The Kier molecular flexibility index (Phi) is 4.03. The van der Waals surface area contributed by atoms with Crippen LogP contribution in [0.25, 0.3) is 11.1 Å². The van der Waals surface area contributed by atoms with Crippen molar-refractivity contribution in [1.29, 1.82) is 0 Å². The minimum Gasteiger partial charge on any atom is -0.440 e. The lowest BCUT2D eigenvalue weighted by Gasteiger charge is -2.21. The smallest absolute Gasteiger partial charge is 0.420 e. The van der Waals surface area contributed by atoms with E-state index in [9.17, 15) is 13.2 Å². The number of benzene rings is 1.